The predicted molar refractivity (Wildman–Crippen MR) is 146 cm³/mol. The van der Waals surface area contributed by atoms with E-state index in [9.17, 15) is 27.6 Å². The molecule has 2 aliphatic heterocycles. The molecule has 2 fully saturated rings. The third-order valence-electron chi connectivity index (χ3n) is 7.36. The number of allylic oxidation sites excluding steroid dienone is 1. The Morgan fingerprint density at radius 3 is 2.38 bits per heavy atom. The van der Waals surface area contributed by atoms with Crippen molar-refractivity contribution in [1.29, 1.82) is 0 Å². The van der Waals surface area contributed by atoms with Gasteiger partial charge in [0, 0.05) is 12.5 Å². The summed E-state index contributed by atoms with van der Waals surface area (Å²) in [5.74, 6) is -2.00. The molecule has 1 saturated carbocycles. The highest BCUT2D eigenvalue weighted by Gasteiger charge is 2.61. The Morgan fingerprint density at radius 1 is 1.05 bits per heavy atom. The van der Waals surface area contributed by atoms with Crippen LogP contribution >= 0.6 is 0 Å². The van der Waals surface area contributed by atoms with Gasteiger partial charge in [0.25, 0.3) is 5.91 Å². The minimum Gasteiger partial charge on any atom is -0.444 e. The summed E-state index contributed by atoms with van der Waals surface area (Å²) in [6.07, 6.45) is 7.88. The summed E-state index contributed by atoms with van der Waals surface area (Å²) in [4.78, 5) is 54.5. The Hall–Kier alpha value is -2.63. The van der Waals surface area contributed by atoms with Crippen molar-refractivity contribution in [3.8, 4) is 0 Å². The number of sulfonamides is 1. The van der Waals surface area contributed by atoms with Crippen LogP contribution < -0.4 is 15.4 Å². The van der Waals surface area contributed by atoms with Crippen molar-refractivity contribution >= 4 is 33.8 Å². The minimum atomic E-state index is -3.99. The zero-order valence-corrected chi connectivity index (χ0v) is 24.8. The van der Waals surface area contributed by atoms with E-state index < -0.39 is 55.9 Å². The summed E-state index contributed by atoms with van der Waals surface area (Å²) >= 11 is 0. The zero-order chi connectivity index (χ0) is 29.2. The molecule has 0 aromatic carbocycles. The van der Waals surface area contributed by atoms with Gasteiger partial charge in [0.05, 0.1) is 4.75 Å². The predicted octanol–water partition coefficient (Wildman–Crippen LogP) is 2.51. The molecule has 0 radical (unpaired) electrons. The maximum Gasteiger partial charge on any atom is 0.408 e. The van der Waals surface area contributed by atoms with Crippen LogP contribution in [0.2, 0.25) is 0 Å². The molecule has 4 atom stereocenters. The van der Waals surface area contributed by atoms with Gasteiger partial charge in [-0.25, -0.2) is 13.2 Å². The molecule has 0 unspecified atom stereocenters. The van der Waals surface area contributed by atoms with Crippen LogP contribution in [0.5, 0.6) is 0 Å². The molecule has 3 rings (SSSR count). The van der Waals surface area contributed by atoms with E-state index in [1.54, 1.807) is 20.8 Å². The van der Waals surface area contributed by atoms with Crippen LogP contribution in [0.3, 0.4) is 0 Å². The van der Waals surface area contributed by atoms with Crippen molar-refractivity contribution in [2.24, 2.45) is 5.92 Å². The van der Waals surface area contributed by atoms with Crippen molar-refractivity contribution in [2.45, 2.75) is 121 Å². The maximum absolute atomic E-state index is 13.6. The number of rotatable bonds is 3. The monoisotopic (exact) mass is 568 g/mol. The summed E-state index contributed by atoms with van der Waals surface area (Å²) < 4.78 is 31.8. The fraction of sp³-hybridized carbons (Fsp3) is 0.778. The zero-order valence-electron chi connectivity index (χ0n) is 24.0. The molecule has 0 bridgehead atoms. The molecule has 1 saturated heterocycles. The van der Waals surface area contributed by atoms with Crippen LogP contribution in [0.1, 0.15) is 92.9 Å². The number of amides is 4. The van der Waals surface area contributed by atoms with E-state index in [-0.39, 0.29) is 18.2 Å². The van der Waals surface area contributed by atoms with E-state index >= 15 is 0 Å². The number of carbonyl (C=O) groups excluding carboxylic acids is 4. The molecule has 3 N–H and O–H groups in total. The highest BCUT2D eigenvalue weighted by Crippen LogP contribution is 2.46. The second kappa shape index (κ2) is 11.5. The van der Waals surface area contributed by atoms with Crippen molar-refractivity contribution < 1.29 is 32.3 Å². The van der Waals surface area contributed by atoms with E-state index in [4.69, 9.17) is 4.74 Å². The smallest absolute Gasteiger partial charge is 0.408 e. The first-order valence-electron chi connectivity index (χ1n) is 13.8. The number of nitrogens with zero attached hydrogens (tertiary/aromatic N) is 1. The van der Waals surface area contributed by atoms with Gasteiger partial charge in [-0.05, 0) is 80.1 Å². The normalized spacial score (nSPS) is 28.8. The third-order valence-corrected chi connectivity index (χ3v) is 9.43. The fourth-order valence-electron chi connectivity index (χ4n) is 4.91. The summed E-state index contributed by atoms with van der Waals surface area (Å²) in [5, 5.41) is 5.52. The molecule has 3 aliphatic rings. The Bertz CT molecular complexity index is 1110. The largest absolute Gasteiger partial charge is 0.444 e. The minimum absolute atomic E-state index is 0.268. The topological polar surface area (TPSA) is 151 Å². The molecule has 0 aromatic rings. The summed E-state index contributed by atoms with van der Waals surface area (Å²) in [5.41, 5.74) is -2.14. The van der Waals surface area contributed by atoms with E-state index in [0.29, 0.717) is 32.2 Å². The Labute approximate surface area is 231 Å². The van der Waals surface area contributed by atoms with Crippen molar-refractivity contribution in [2.75, 3.05) is 6.54 Å². The molecular formula is C27H44N4O7S. The fourth-order valence-corrected chi connectivity index (χ4v) is 5.64. The highest BCUT2D eigenvalue weighted by atomic mass is 32.2. The van der Waals surface area contributed by atoms with Crippen molar-refractivity contribution in [3.63, 3.8) is 0 Å². The number of alkyl carbamates (subject to hydrolysis) is 1. The summed E-state index contributed by atoms with van der Waals surface area (Å²) in [7, 11) is -3.99. The maximum atomic E-state index is 13.6. The first kappa shape index (κ1) is 30.9. The van der Waals surface area contributed by atoms with Crippen LogP contribution in [-0.2, 0) is 29.1 Å². The lowest BCUT2D eigenvalue weighted by atomic mass is 10.0. The lowest BCUT2D eigenvalue weighted by Gasteiger charge is -2.31. The number of fused-ring (bicyclic) bond motifs is 2. The van der Waals surface area contributed by atoms with E-state index in [1.165, 1.54) is 25.7 Å². The van der Waals surface area contributed by atoms with Gasteiger partial charge in [-0.1, -0.05) is 25.0 Å². The molecule has 11 nitrogen and oxygen atoms in total. The second-order valence-corrected chi connectivity index (χ2v) is 15.2. The summed E-state index contributed by atoms with van der Waals surface area (Å²) in [6, 6.07) is -1.68. The number of hydrogen-bond acceptors (Lipinski definition) is 7. The Kier molecular flexibility index (Phi) is 9.08. The van der Waals surface area contributed by atoms with Gasteiger partial charge in [0.2, 0.25) is 21.8 Å². The molecular weight excluding hydrogens is 524 g/mol. The van der Waals surface area contributed by atoms with Crippen molar-refractivity contribution in [3.05, 3.63) is 12.2 Å². The van der Waals surface area contributed by atoms with Crippen LogP contribution in [0.15, 0.2) is 12.2 Å². The van der Waals surface area contributed by atoms with E-state index in [1.807, 2.05) is 12.2 Å². The van der Waals surface area contributed by atoms with Crippen LogP contribution in [0.4, 0.5) is 4.79 Å². The first-order valence-corrected chi connectivity index (χ1v) is 15.3. The molecule has 39 heavy (non-hydrogen) atoms. The van der Waals surface area contributed by atoms with Gasteiger partial charge in [-0.2, -0.15) is 0 Å². The Morgan fingerprint density at radius 2 is 1.74 bits per heavy atom. The molecule has 220 valence electrons. The average Bonchev–Trinajstić information content (AvgIpc) is 3.25. The lowest BCUT2D eigenvalue weighted by molar-refractivity contribution is -0.141. The average molecular weight is 569 g/mol. The van der Waals surface area contributed by atoms with Gasteiger partial charge >= 0.3 is 6.09 Å². The van der Waals surface area contributed by atoms with Crippen LogP contribution in [0.25, 0.3) is 0 Å². The quantitative estimate of drug-likeness (QED) is 0.443. The molecule has 0 spiro atoms. The van der Waals surface area contributed by atoms with Crippen LogP contribution in [0, 0.1) is 5.92 Å². The van der Waals surface area contributed by atoms with Crippen molar-refractivity contribution in [1.82, 2.24) is 20.3 Å². The first-order chi connectivity index (χ1) is 18.0. The van der Waals surface area contributed by atoms with E-state index in [0.717, 1.165) is 19.3 Å². The molecule has 1 aliphatic carbocycles. The van der Waals surface area contributed by atoms with Crippen LogP contribution in [-0.4, -0.2) is 71.6 Å². The molecule has 0 aromatic heterocycles. The number of ether oxygens (including phenoxy) is 1. The molecule has 4 amide bonds. The molecule has 2 heterocycles. The SMILES string of the molecule is CC(C)(C)OC(=O)N[C@H]1CCCCCC=C[C@@H]2C[C@@]2(C(=O)NS(=O)(=O)C(C)(C)C)NC(=O)[C@@H]2CCCN2C1=O. The Balaban J connectivity index is 1.85. The van der Waals surface area contributed by atoms with Gasteiger partial charge in [-0.3, -0.25) is 19.1 Å². The number of carbonyl (C=O) groups is 4. The second-order valence-electron chi connectivity index (χ2n) is 12.8. The van der Waals surface area contributed by atoms with Gasteiger partial charge in [-0.15, -0.1) is 0 Å². The standard InChI is InChI=1S/C27H44N4O7S/c1-25(2,3)38-24(35)28-19-14-11-9-7-8-10-13-18-17-27(18,23(34)30-39(36,37)26(4,5)6)29-21(32)20-15-12-16-31(20)22(19)33/h10,13,18-20H,7-9,11-12,14-17H2,1-6H3,(H,28,35)(H,29,32)(H,30,34)/t18-,19+,20+,27-/m1/s1. The van der Waals surface area contributed by atoms with E-state index in [2.05, 4.69) is 15.4 Å². The number of nitrogens with one attached hydrogen (secondary N) is 3. The van der Waals surface area contributed by atoms with Gasteiger partial charge in [0.15, 0.2) is 0 Å². The highest BCUT2D eigenvalue weighted by molar-refractivity contribution is 7.91. The van der Waals surface area contributed by atoms with Gasteiger partial charge in [0.1, 0.15) is 23.2 Å². The third kappa shape index (κ3) is 7.52. The summed E-state index contributed by atoms with van der Waals surface area (Å²) in [6.45, 7) is 10.0. The molecule has 12 heteroatoms. The van der Waals surface area contributed by atoms with Gasteiger partial charge < -0.3 is 20.3 Å². The lowest BCUT2D eigenvalue weighted by Crippen LogP contribution is -2.59. The number of hydrogen-bond donors (Lipinski definition) is 3.